The van der Waals surface area contributed by atoms with Crippen LogP contribution in [-0.2, 0) is 0 Å². The lowest BCUT2D eigenvalue weighted by molar-refractivity contribution is 0.400. The molecule has 0 aliphatic heterocycles. The summed E-state index contributed by atoms with van der Waals surface area (Å²) in [5.74, 6) is 0. The van der Waals surface area contributed by atoms with Gasteiger partial charge in [0.2, 0.25) is 0 Å². The fourth-order valence-electron chi connectivity index (χ4n) is 0.690. The number of nitrogens with one attached hydrogen (secondary N) is 1. The Morgan fingerprint density at radius 1 is 1.25 bits per heavy atom. The first kappa shape index (κ1) is 12.9. The van der Waals surface area contributed by atoms with Crippen molar-refractivity contribution in [2.75, 3.05) is 11.9 Å². The zero-order chi connectivity index (χ0) is 9.83. The highest BCUT2D eigenvalue weighted by Gasteiger charge is 2.24. The van der Waals surface area contributed by atoms with Gasteiger partial charge in [0.15, 0.2) is 0 Å². The largest absolute Gasteiger partial charge is 0.311 e. The van der Waals surface area contributed by atoms with E-state index in [0.29, 0.717) is 0 Å². The number of alkyl halides is 2. The van der Waals surface area contributed by atoms with Crippen LogP contribution in [0.15, 0.2) is 0 Å². The Balaban J connectivity index is 3.89. The number of halogens is 2. The van der Waals surface area contributed by atoms with Gasteiger partial charge in [0, 0.05) is 21.7 Å². The minimum atomic E-state index is 0.205. The predicted octanol–water partition coefficient (Wildman–Crippen LogP) is 3.31. The maximum absolute atomic E-state index is 3.73. The van der Waals surface area contributed by atoms with Crippen molar-refractivity contribution in [3.05, 3.63) is 0 Å². The molecule has 12 heavy (non-hydrogen) atoms. The van der Waals surface area contributed by atoms with Gasteiger partial charge in [-0.25, -0.2) is 0 Å². The third-order valence-electron chi connectivity index (χ3n) is 1.81. The summed E-state index contributed by atoms with van der Waals surface area (Å²) in [6.07, 6.45) is 1.13. The summed E-state index contributed by atoms with van der Waals surface area (Å²) in [4.78, 5) is 0. The van der Waals surface area contributed by atoms with E-state index in [1.165, 1.54) is 0 Å². The predicted molar refractivity (Wildman–Crippen MR) is 63.5 cm³/mol. The Morgan fingerprint density at radius 2 is 1.75 bits per heavy atom. The molecule has 1 atom stereocenters. The van der Waals surface area contributed by atoms with Crippen LogP contribution in [0.3, 0.4) is 0 Å². The Morgan fingerprint density at radius 3 is 2.00 bits per heavy atom. The van der Waals surface area contributed by atoms with Crippen molar-refractivity contribution in [2.45, 2.75) is 44.0 Å². The Labute approximate surface area is 92.9 Å². The monoisotopic (exact) mass is 299 g/mol. The van der Waals surface area contributed by atoms with Gasteiger partial charge in [-0.3, -0.25) is 0 Å². The van der Waals surface area contributed by atoms with Gasteiger partial charge < -0.3 is 5.32 Å². The SMILES string of the molecule is CCC(Br)(CBr)CNC(C)(C)C. The number of hydrogen-bond acceptors (Lipinski definition) is 1. The van der Waals surface area contributed by atoms with Crippen LogP contribution in [0.5, 0.6) is 0 Å². The maximum Gasteiger partial charge on any atom is 0.0476 e. The van der Waals surface area contributed by atoms with Crippen LogP contribution in [0.25, 0.3) is 0 Å². The van der Waals surface area contributed by atoms with Crippen LogP contribution in [0.4, 0.5) is 0 Å². The third-order valence-corrected chi connectivity index (χ3v) is 4.76. The average molecular weight is 301 g/mol. The molecule has 0 fully saturated rings. The van der Waals surface area contributed by atoms with Gasteiger partial charge >= 0.3 is 0 Å². The second-order valence-corrected chi connectivity index (χ2v) is 6.48. The summed E-state index contributed by atoms with van der Waals surface area (Å²) in [5, 5.41) is 4.47. The minimum absolute atomic E-state index is 0.205. The zero-order valence-electron chi connectivity index (χ0n) is 8.38. The summed E-state index contributed by atoms with van der Waals surface area (Å²) in [6.45, 7) is 9.75. The quantitative estimate of drug-likeness (QED) is 0.786. The Kier molecular flexibility index (Phi) is 5.35. The molecule has 0 rings (SSSR count). The zero-order valence-corrected chi connectivity index (χ0v) is 11.5. The van der Waals surface area contributed by atoms with E-state index in [1.54, 1.807) is 0 Å². The summed E-state index contributed by atoms with van der Waals surface area (Å²) in [7, 11) is 0. The summed E-state index contributed by atoms with van der Waals surface area (Å²) in [5.41, 5.74) is 0.205. The van der Waals surface area contributed by atoms with E-state index in [4.69, 9.17) is 0 Å². The first-order valence-electron chi connectivity index (χ1n) is 4.33. The smallest absolute Gasteiger partial charge is 0.0476 e. The lowest BCUT2D eigenvalue weighted by Crippen LogP contribution is -2.45. The molecule has 0 spiro atoms. The molecule has 0 aromatic heterocycles. The van der Waals surface area contributed by atoms with Crippen LogP contribution < -0.4 is 5.32 Å². The van der Waals surface area contributed by atoms with Crippen LogP contribution in [0.1, 0.15) is 34.1 Å². The van der Waals surface area contributed by atoms with Crippen molar-refractivity contribution in [3.8, 4) is 0 Å². The molecule has 3 heteroatoms. The number of rotatable bonds is 4. The van der Waals surface area contributed by atoms with Gasteiger partial charge in [-0.1, -0.05) is 38.8 Å². The molecular weight excluding hydrogens is 282 g/mol. The van der Waals surface area contributed by atoms with Crippen LogP contribution >= 0.6 is 31.9 Å². The molecule has 0 heterocycles. The summed E-state index contributed by atoms with van der Waals surface area (Å²) in [6, 6.07) is 0. The van der Waals surface area contributed by atoms with Crippen LogP contribution in [0, 0.1) is 0 Å². The normalized spacial score (nSPS) is 17.5. The molecule has 0 saturated heterocycles. The summed E-state index contributed by atoms with van der Waals surface area (Å²) >= 11 is 7.24. The standard InChI is InChI=1S/C9H19Br2N/c1-5-9(11,6-10)7-12-8(2,3)4/h12H,5-7H2,1-4H3. The molecule has 0 radical (unpaired) electrons. The lowest BCUT2D eigenvalue weighted by Gasteiger charge is -2.29. The van der Waals surface area contributed by atoms with E-state index in [-0.39, 0.29) is 9.86 Å². The van der Waals surface area contributed by atoms with Crippen molar-refractivity contribution in [3.63, 3.8) is 0 Å². The first-order valence-corrected chi connectivity index (χ1v) is 6.24. The molecular formula is C9H19Br2N. The van der Waals surface area contributed by atoms with Crippen LogP contribution in [-0.4, -0.2) is 21.7 Å². The highest BCUT2D eigenvalue weighted by Crippen LogP contribution is 2.24. The number of hydrogen-bond donors (Lipinski definition) is 1. The molecule has 0 amide bonds. The molecule has 0 aliphatic rings. The topological polar surface area (TPSA) is 12.0 Å². The minimum Gasteiger partial charge on any atom is -0.311 e. The molecule has 74 valence electrons. The maximum atomic E-state index is 3.73. The van der Waals surface area contributed by atoms with Crippen molar-refractivity contribution >= 4 is 31.9 Å². The van der Waals surface area contributed by atoms with Crippen molar-refractivity contribution < 1.29 is 0 Å². The fourth-order valence-corrected chi connectivity index (χ4v) is 1.43. The average Bonchev–Trinajstić information content (AvgIpc) is 1.99. The van der Waals surface area contributed by atoms with E-state index in [1.807, 2.05) is 0 Å². The van der Waals surface area contributed by atoms with Crippen molar-refractivity contribution in [1.82, 2.24) is 5.32 Å². The van der Waals surface area contributed by atoms with Gasteiger partial charge in [-0.15, -0.1) is 0 Å². The molecule has 1 nitrogen and oxygen atoms in total. The van der Waals surface area contributed by atoms with E-state index in [2.05, 4.69) is 64.9 Å². The van der Waals surface area contributed by atoms with E-state index in [9.17, 15) is 0 Å². The van der Waals surface area contributed by atoms with Gasteiger partial charge in [-0.05, 0) is 27.2 Å². The first-order chi connectivity index (χ1) is 5.33. The molecule has 0 bridgehead atoms. The second kappa shape index (κ2) is 4.97. The second-order valence-electron chi connectivity index (χ2n) is 4.24. The van der Waals surface area contributed by atoms with Crippen molar-refractivity contribution in [2.24, 2.45) is 0 Å². The summed E-state index contributed by atoms with van der Waals surface area (Å²) < 4.78 is 0.209. The van der Waals surface area contributed by atoms with E-state index >= 15 is 0 Å². The molecule has 0 saturated carbocycles. The Hall–Kier alpha value is 0.920. The third kappa shape index (κ3) is 5.55. The lowest BCUT2D eigenvalue weighted by atomic mass is 10.1. The van der Waals surface area contributed by atoms with Crippen LogP contribution in [0.2, 0.25) is 0 Å². The molecule has 0 aromatic carbocycles. The molecule has 0 aliphatic carbocycles. The van der Waals surface area contributed by atoms with E-state index < -0.39 is 0 Å². The van der Waals surface area contributed by atoms with Gasteiger partial charge in [-0.2, -0.15) is 0 Å². The van der Waals surface area contributed by atoms with Gasteiger partial charge in [0.05, 0.1) is 0 Å². The highest BCUT2D eigenvalue weighted by atomic mass is 79.9. The van der Waals surface area contributed by atoms with Gasteiger partial charge in [0.1, 0.15) is 0 Å². The molecule has 1 N–H and O–H groups in total. The van der Waals surface area contributed by atoms with Crippen molar-refractivity contribution in [1.29, 1.82) is 0 Å². The van der Waals surface area contributed by atoms with E-state index in [0.717, 1.165) is 18.3 Å². The molecule has 1 unspecified atom stereocenters. The van der Waals surface area contributed by atoms with Gasteiger partial charge in [0.25, 0.3) is 0 Å². The fraction of sp³-hybridized carbons (Fsp3) is 1.00. The molecule has 0 aromatic rings. The highest BCUT2D eigenvalue weighted by molar-refractivity contribution is 9.12. The Bertz CT molecular complexity index is 125.